The van der Waals surface area contributed by atoms with E-state index < -0.39 is 0 Å². The van der Waals surface area contributed by atoms with Crippen molar-refractivity contribution in [1.29, 1.82) is 0 Å². The Morgan fingerprint density at radius 2 is 1.80 bits per heavy atom. The van der Waals surface area contributed by atoms with Crippen LogP contribution >= 0.6 is 0 Å². The van der Waals surface area contributed by atoms with Crippen molar-refractivity contribution in [2.45, 2.75) is 40.2 Å². The zero-order chi connectivity index (χ0) is 18.0. The maximum Gasteiger partial charge on any atom is 0.204 e. The summed E-state index contributed by atoms with van der Waals surface area (Å²) in [6, 6.07) is 13.9. The largest absolute Gasteiger partial charge is 0.292 e. The Morgan fingerprint density at radius 3 is 2.44 bits per heavy atom. The third kappa shape index (κ3) is 3.82. The number of carbonyl (C=O) groups excluding carboxylic acids is 1. The van der Waals surface area contributed by atoms with Gasteiger partial charge in [-0.3, -0.25) is 4.79 Å². The fourth-order valence-electron chi connectivity index (χ4n) is 2.78. The third-order valence-electron chi connectivity index (χ3n) is 4.26. The highest BCUT2D eigenvalue weighted by Crippen LogP contribution is 2.19. The Morgan fingerprint density at radius 1 is 1.08 bits per heavy atom. The molecule has 0 radical (unpaired) electrons. The molecule has 0 aliphatic heterocycles. The summed E-state index contributed by atoms with van der Waals surface area (Å²) in [5.74, 6) is 0.994. The van der Waals surface area contributed by atoms with Gasteiger partial charge in [0.15, 0.2) is 5.78 Å². The van der Waals surface area contributed by atoms with Crippen LogP contribution in [0.1, 0.15) is 46.8 Å². The maximum atomic E-state index is 12.5. The van der Waals surface area contributed by atoms with Crippen molar-refractivity contribution in [1.82, 2.24) is 20.2 Å². The van der Waals surface area contributed by atoms with Crippen LogP contribution in [0.2, 0.25) is 0 Å². The van der Waals surface area contributed by atoms with Gasteiger partial charge in [-0.15, -0.1) is 10.2 Å². The molecule has 25 heavy (non-hydrogen) atoms. The molecule has 5 heteroatoms. The number of aromatic nitrogens is 4. The zero-order valence-electron chi connectivity index (χ0n) is 15.0. The van der Waals surface area contributed by atoms with E-state index in [4.69, 9.17) is 0 Å². The highest BCUT2D eigenvalue weighted by Gasteiger charge is 2.13. The van der Waals surface area contributed by atoms with E-state index in [1.807, 2.05) is 44.2 Å². The fourth-order valence-corrected chi connectivity index (χ4v) is 2.78. The second-order valence-corrected chi connectivity index (χ2v) is 6.66. The Balaban J connectivity index is 1.76. The van der Waals surface area contributed by atoms with Crippen LogP contribution in [0, 0.1) is 13.8 Å². The Labute approximate surface area is 147 Å². The zero-order valence-corrected chi connectivity index (χ0v) is 15.0. The second kappa shape index (κ2) is 6.97. The minimum Gasteiger partial charge on any atom is -0.292 e. The van der Waals surface area contributed by atoms with Gasteiger partial charge in [-0.2, -0.15) is 4.80 Å². The van der Waals surface area contributed by atoms with E-state index in [1.54, 1.807) is 0 Å². The predicted molar refractivity (Wildman–Crippen MR) is 97.6 cm³/mol. The number of Topliss-reactive ketones (excluding diaryl/α,β-unsaturated/α-hetero) is 1. The molecule has 3 aromatic rings. The summed E-state index contributed by atoms with van der Waals surface area (Å²) in [5.41, 5.74) is 4.97. The van der Waals surface area contributed by atoms with Crippen LogP contribution in [0.15, 0.2) is 42.5 Å². The van der Waals surface area contributed by atoms with Crippen molar-refractivity contribution < 1.29 is 4.79 Å². The molecule has 0 aliphatic carbocycles. The first-order valence-electron chi connectivity index (χ1n) is 8.42. The topological polar surface area (TPSA) is 60.7 Å². The number of hydrogen-bond acceptors (Lipinski definition) is 4. The van der Waals surface area contributed by atoms with E-state index in [0.29, 0.717) is 17.3 Å². The molecule has 0 unspecified atom stereocenters. The van der Waals surface area contributed by atoms with Gasteiger partial charge in [-0.1, -0.05) is 61.9 Å². The molecule has 0 atom stereocenters. The maximum absolute atomic E-state index is 12.5. The highest BCUT2D eigenvalue weighted by molar-refractivity contribution is 5.97. The molecule has 1 aromatic heterocycles. The smallest absolute Gasteiger partial charge is 0.204 e. The molecule has 0 bridgehead atoms. The van der Waals surface area contributed by atoms with Crippen LogP contribution in [-0.2, 0) is 6.54 Å². The van der Waals surface area contributed by atoms with Gasteiger partial charge < -0.3 is 0 Å². The fraction of sp³-hybridized carbons (Fsp3) is 0.300. The van der Waals surface area contributed by atoms with Crippen LogP contribution in [-0.4, -0.2) is 26.0 Å². The summed E-state index contributed by atoms with van der Waals surface area (Å²) in [5, 5.41) is 12.4. The molecule has 0 aliphatic rings. The summed E-state index contributed by atoms with van der Waals surface area (Å²) in [6.07, 6.45) is 0. The number of rotatable bonds is 5. The molecule has 0 saturated carbocycles. The second-order valence-electron chi connectivity index (χ2n) is 6.66. The van der Waals surface area contributed by atoms with Crippen molar-refractivity contribution in [2.24, 2.45) is 0 Å². The first kappa shape index (κ1) is 17.0. The van der Waals surface area contributed by atoms with Crippen LogP contribution in [0.5, 0.6) is 0 Å². The standard InChI is InChI=1S/C20H22N4O/c1-13(2)16-6-8-17(9-7-16)20-21-23-24(22-20)12-19(25)18-10-5-14(3)11-15(18)4/h5-11,13H,12H2,1-4H3. The molecular formula is C20H22N4O. The van der Waals surface area contributed by atoms with Crippen LogP contribution in [0.4, 0.5) is 0 Å². The van der Waals surface area contributed by atoms with Crippen molar-refractivity contribution in [2.75, 3.05) is 0 Å². The lowest BCUT2D eigenvalue weighted by Gasteiger charge is -2.05. The Kier molecular flexibility index (Phi) is 4.74. The number of nitrogens with zero attached hydrogens (tertiary/aromatic N) is 4. The van der Waals surface area contributed by atoms with E-state index >= 15 is 0 Å². The van der Waals surface area contributed by atoms with E-state index in [0.717, 1.165) is 16.7 Å². The number of aryl methyl sites for hydroxylation is 2. The third-order valence-corrected chi connectivity index (χ3v) is 4.26. The molecule has 128 valence electrons. The normalized spacial score (nSPS) is 11.1. The Bertz CT molecular complexity index is 894. The molecule has 5 nitrogen and oxygen atoms in total. The van der Waals surface area contributed by atoms with Gasteiger partial charge in [-0.05, 0) is 36.1 Å². The molecular weight excluding hydrogens is 312 g/mol. The minimum absolute atomic E-state index is 0.0170. The average Bonchev–Trinajstić information content (AvgIpc) is 3.03. The predicted octanol–water partition coefficient (Wildman–Crippen LogP) is 3.96. The van der Waals surface area contributed by atoms with Crippen molar-refractivity contribution >= 4 is 5.78 Å². The lowest BCUT2D eigenvalue weighted by Crippen LogP contribution is -2.14. The molecule has 0 saturated heterocycles. The minimum atomic E-state index is -0.0170. The number of tetrazole rings is 1. The van der Waals surface area contributed by atoms with E-state index in [1.165, 1.54) is 10.4 Å². The molecule has 0 amide bonds. The monoisotopic (exact) mass is 334 g/mol. The summed E-state index contributed by atoms with van der Waals surface area (Å²) < 4.78 is 0. The van der Waals surface area contributed by atoms with Crippen LogP contribution in [0.3, 0.4) is 0 Å². The summed E-state index contributed by atoms with van der Waals surface area (Å²) in [4.78, 5) is 13.8. The summed E-state index contributed by atoms with van der Waals surface area (Å²) >= 11 is 0. The van der Waals surface area contributed by atoms with Crippen LogP contribution < -0.4 is 0 Å². The van der Waals surface area contributed by atoms with E-state index in [2.05, 4.69) is 41.4 Å². The number of hydrogen-bond donors (Lipinski definition) is 0. The SMILES string of the molecule is Cc1ccc(C(=O)Cn2nnc(-c3ccc(C(C)C)cc3)n2)c(C)c1. The van der Waals surface area contributed by atoms with Gasteiger partial charge in [0, 0.05) is 11.1 Å². The van der Waals surface area contributed by atoms with Crippen molar-refractivity contribution in [3.8, 4) is 11.4 Å². The van der Waals surface area contributed by atoms with Gasteiger partial charge in [-0.25, -0.2) is 0 Å². The molecule has 0 spiro atoms. The number of ketones is 1. The quantitative estimate of drug-likeness (QED) is 0.663. The highest BCUT2D eigenvalue weighted by atomic mass is 16.1. The van der Waals surface area contributed by atoms with Crippen LogP contribution in [0.25, 0.3) is 11.4 Å². The summed E-state index contributed by atoms with van der Waals surface area (Å²) in [7, 11) is 0. The lowest BCUT2D eigenvalue weighted by molar-refractivity contribution is 0.0961. The average molecular weight is 334 g/mol. The first-order valence-corrected chi connectivity index (χ1v) is 8.42. The van der Waals surface area contributed by atoms with E-state index in [-0.39, 0.29) is 12.3 Å². The first-order chi connectivity index (χ1) is 11.9. The number of benzene rings is 2. The van der Waals surface area contributed by atoms with Crippen molar-refractivity contribution in [3.05, 3.63) is 64.7 Å². The summed E-state index contributed by atoms with van der Waals surface area (Å²) in [6.45, 7) is 8.35. The van der Waals surface area contributed by atoms with Gasteiger partial charge in [0.05, 0.1) is 0 Å². The molecule has 2 aromatic carbocycles. The van der Waals surface area contributed by atoms with E-state index in [9.17, 15) is 4.79 Å². The number of carbonyl (C=O) groups is 1. The lowest BCUT2D eigenvalue weighted by atomic mass is 10.0. The van der Waals surface area contributed by atoms with Crippen molar-refractivity contribution in [3.63, 3.8) is 0 Å². The van der Waals surface area contributed by atoms with Gasteiger partial charge in [0.2, 0.25) is 5.82 Å². The molecule has 0 fully saturated rings. The Hall–Kier alpha value is -2.82. The molecule has 3 rings (SSSR count). The van der Waals surface area contributed by atoms with Gasteiger partial charge in [0.1, 0.15) is 6.54 Å². The van der Waals surface area contributed by atoms with Gasteiger partial charge >= 0.3 is 0 Å². The van der Waals surface area contributed by atoms with Gasteiger partial charge in [0.25, 0.3) is 0 Å². The molecule has 0 N–H and O–H groups in total. The molecule has 1 heterocycles.